The number of fused-ring (bicyclic) bond motifs is 4. The van der Waals surface area contributed by atoms with Crippen LogP contribution in [0.1, 0.15) is 37.9 Å². The standard InChI is InChI=1S/C23H24N2O/c1-3-19-18-13-16(2)15-23(19,20-10-11-22(26)25-21(20)14-18)24-12-6-9-17-7-4-5-8-17/h3-7,9-13,18H,8,14-15H2,1-2H3,(H,25,26)/b9-6+,19-3+,24-12+. The van der Waals surface area contributed by atoms with E-state index in [0.29, 0.717) is 5.92 Å². The van der Waals surface area contributed by atoms with Gasteiger partial charge in [-0.3, -0.25) is 9.79 Å². The summed E-state index contributed by atoms with van der Waals surface area (Å²) in [5, 5.41) is 0. The van der Waals surface area contributed by atoms with Gasteiger partial charge in [0.1, 0.15) is 5.54 Å². The minimum Gasteiger partial charge on any atom is -0.326 e. The van der Waals surface area contributed by atoms with Crippen LogP contribution in [0.5, 0.6) is 0 Å². The highest BCUT2D eigenvalue weighted by Gasteiger charge is 2.46. The normalized spacial score (nSPS) is 28.7. The van der Waals surface area contributed by atoms with E-state index >= 15 is 0 Å². The number of H-pyrrole nitrogens is 1. The summed E-state index contributed by atoms with van der Waals surface area (Å²) in [5.41, 5.74) is 5.73. The van der Waals surface area contributed by atoms with E-state index in [1.54, 1.807) is 6.07 Å². The minimum atomic E-state index is -0.400. The van der Waals surface area contributed by atoms with Crippen molar-refractivity contribution in [1.82, 2.24) is 4.98 Å². The number of nitrogens with zero attached hydrogens (tertiary/aromatic N) is 1. The third-order valence-electron chi connectivity index (χ3n) is 5.57. The first kappa shape index (κ1) is 16.8. The molecule has 0 saturated heterocycles. The predicted molar refractivity (Wildman–Crippen MR) is 108 cm³/mol. The Hall–Kier alpha value is -2.68. The molecule has 0 spiro atoms. The summed E-state index contributed by atoms with van der Waals surface area (Å²) in [5.74, 6) is 0.308. The van der Waals surface area contributed by atoms with Crippen molar-refractivity contribution in [3.63, 3.8) is 0 Å². The number of aromatic nitrogens is 1. The molecular formula is C23H24N2O. The summed E-state index contributed by atoms with van der Waals surface area (Å²) < 4.78 is 0. The Bertz CT molecular complexity index is 968. The van der Waals surface area contributed by atoms with Gasteiger partial charge in [0.15, 0.2) is 0 Å². The monoisotopic (exact) mass is 344 g/mol. The first-order valence-corrected chi connectivity index (χ1v) is 9.26. The first-order chi connectivity index (χ1) is 12.6. The third-order valence-corrected chi connectivity index (χ3v) is 5.57. The zero-order valence-corrected chi connectivity index (χ0v) is 15.3. The van der Waals surface area contributed by atoms with Crippen LogP contribution in [0.15, 0.2) is 81.2 Å². The number of hydrogen-bond acceptors (Lipinski definition) is 2. The summed E-state index contributed by atoms with van der Waals surface area (Å²) in [7, 11) is 0. The predicted octanol–water partition coefficient (Wildman–Crippen LogP) is 4.55. The molecule has 0 aliphatic heterocycles. The Morgan fingerprint density at radius 3 is 3.00 bits per heavy atom. The highest BCUT2D eigenvalue weighted by molar-refractivity contribution is 5.74. The maximum Gasteiger partial charge on any atom is 0.248 e. The topological polar surface area (TPSA) is 45.2 Å². The van der Waals surface area contributed by atoms with Crippen LogP contribution >= 0.6 is 0 Å². The fourth-order valence-corrected chi connectivity index (χ4v) is 4.58. The molecule has 1 N–H and O–H groups in total. The summed E-state index contributed by atoms with van der Waals surface area (Å²) >= 11 is 0. The third kappa shape index (κ3) is 2.78. The molecule has 2 unspecified atom stereocenters. The lowest BCUT2D eigenvalue weighted by Crippen LogP contribution is -2.40. The Labute approximate surface area is 154 Å². The first-order valence-electron chi connectivity index (χ1n) is 9.26. The van der Waals surface area contributed by atoms with Crippen molar-refractivity contribution in [3.8, 4) is 0 Å². The highest BCUT2D eigenvalue weighted by atomic mass is 16.1. The molecule has 2 atom stereocenters. The number of pyridine rings is 1. The van der Waals surface area contributed by atoms with Crippen molar-refractivity contribution < 1.29 is 0 Å². The Morgan fingerprint density at radius 1 is 1.35 bits per heavy atom. The van der Waals surface area contributed by atoms with Gasteiger partial charge >= 0.3 is 0 Å². The number of nitrogens with one attached hydrogen (secondary N) is 1. The van der Waals surface area contributed by atoms with Crippen LogP contribution in [0.3, 0.4) is 0 Å². The van der Waals surface area contributed by atoms with Gasteiger partial charge in [-0.25, -0.2) is 0 Å². The van der Waals surface area contributed by atoms with Crippen molar-refractivity contribution in [1.29, 1.82) is 0 Å². The van der Waals surface area contributed by atoms with Gasteiger partial charge in [0.05, 0.1) is 0 Å². The summed E-state index contributed by atoms with van der Waals surface area (Å²) in [6.07, 6.45) is 19.7. The van der Waals surface area contributed by atoms with Crippen LogP contribution in [-0.2, 0) is 12.0 Å². The molecule has 3 aliphatic rings. The zero-order chi connectivity index (χ0) is 18.1. The molecule has 3 nitrogen and oxygen atoms in total. The van der Waals surface area contributed by atoms with Crippen LogP contribution in [0.4, 0.5) is 0 Å². The molecule has 132 valence electrons. The van der Waals surface area contributed by atoms with Crippen LogP contribution in [0.2, 0.25) is 0 Å². The highest BCUT2D eigenvalue weighted by Crippen LogP contribution is 2.51. The lowest BCUT2D eigenvalue weighted by Gasteiger charge is -2.45. The summed E-state index contributed by atoms with van der Waals surface area (Å²) in [6.45, 7) is 4.29. The van der Waals surface area contributed by atoms with Gasteiger partial charge in [-0.05, 0) is 50.0 Å². The molecule has 0 saturated carbocycles. The smallest absolute Gasteiger partial charge is 0.248 e. The van der Waals surface area contributed by atoms with Crippen LogP contribution < -0.4 is 5.56 Å². The molecule has 26 heavy (non-hydrogen) atoms. The molecule has 3 aliphatic carbocycles. The average Bonchev–Trinajstić information content (AvgIpc) is 3.11. The van der Waals surface area contributed by atoms with Crippen molar-refractivity contribution in [2.45, 2.75) is 38.6 Å². The van der Waals surface area contributed by atoms with Gasteiger partial charge in [-0.2, -0.15) is 0 Å². The lowest BCUT2D eigenvalue weighted by atomic mass is 9.63. The Kier molecular flexibility index (Phi) is 4.23. The molecule has 0 fully saturated rings. The second kappa shape index (κ2) is 6.56. The van der Waals surface area contributed by atoms with Gasteiger partial charge < -0.3 is 4.98 Å². The molecule has 0 radical (unpaired) electrons. The molecule has 4 rings (SSSR count). The summed E-state index contributed by atoms with van der Waals surface area (Å²) in [6, 6.07) is 3.60. The maximum absolute atomic E-state index is 11.8. The van der Waals surface area contributed by atoms with Crippen LogP contribution in [-0.4, -0.2) is 11.2 Å². The van der Waals surface area contributed by atoms with Gasteiger partial charge in [0.2, 0.25) is 5.56 Å². The molecule has 3 heteroatoms. The number of allylic oxidation sites excluding steroid dienone is 8. The average molecular weight is 344 g/mol. The molecule has 1 heterocycles. The SMILES string of the molecule is C/C=C1\C2C=C(C)CC1(/N=C/C=C/C1=CC=CC1)c1ccc(=O)[nH]c1C2. The second-order valence-corrected chi connectivity index (χ2v) is 7.33. The number of rotatable bonds is 3. The number of aromatic amines is 1. The van der Waals surface area contributed by atoms with Crippen molar-refractivity contribution in [2.75, 3.05) is 0 Å². The van der Waals surface area contributed by atoms with E-state index in [9.17, 15) is 4.79 Å². The zero-order valence-electron chi connectivity index (χ0n) is 15.3. The molecule has 1 aromatic heterocycles. The van der Waals surface area contributed by atoms with Crippen molar-refractivity contribution in [3.05, 3.63) is 93.0 Å². The quantitative estimate of drug-likeness (QED) is 0.634. The molecule has 0 aromatic carbocycles. The van der Waals surface area contributed by atoms with Gasteiger partial charge in [0, 0.05) is 35.9 Å². The fourth-order valence-electron chi connectivity index (χ4n) is 4.58. The van der Waals surface area contributed by atoms with E-state index in [1.165, 1.54) is 16.7 Å². The van der Waals surface area contributed by atoms with Crippen LogP contribution in [0.25, 0.3) is 0 Å². The molecule has 0 amide bonds. The maximum atomic E-state index is 11.8. The summed E-state index contributed by atoms with van der Waals surface area (Å²) in [4.78, 5) is 20.0. The van der Waals surface area contributed by atoms with Gasteiger partial charge in [-0.15, -0.1) is 0 Å². The van der Waals surface area contributed by atoms with E-state index in [1.807, 2.05) is 18.4 Å². The van der Waals surface area contributed by atoms with E-state index < -0.39 is 5.54 Å². The molecule has 2 bridgehead atoms. The molecule has 1 aromatic rings. The van der Waals surface area contributed by atoms with E-state index in [-0.39, 0.29) is 5.56 Å². The lowest BCUT2D eigenvalue weighted by molar-refractivity contribution is 0.413. The van der Waals surface area contributed by atoms with Crippen molar-refractivity contribution in [2.24, 2.45) is 10.9 Å². The molecular weight excluding hydrogens is 320 g/mol. The minimum absolute atomic E-state index is 0.0360. The van der Waals surface area contributed by atoms with E-state index in [0.717, 1.165) is 30.5 Å². The van der Waals surface area contributed by atoms with Gasteiger partial charge in [-0.1, -0.05) is 42.0 Å². The Morgan fingerprint density at radius 2 is 2.23 bits per heavy atom. The van der Waals surface area contributed by atoms with Gasteiger partial charge in [0.25, 0.3) is 0 Å². The largest absolute Gasteiger partial charge is 0.326 e. The second-order valence-electron chi connectivity index (χ2n) is 7.33. The van der Waals surface area contributed by atoms with Crippen LogP contribution in [0, 0.1) is 5.92 Å². The number of hydrogen-bond donors (Lipinski definition) is 1. The van der Waals surface area contributed by atoms with E-state index in [4.69, 9.17) is 4.99 Å². The fraction of sp³-hybridized carbons (Fsp3) is 0.304. The number of aliphatic imine (C=N–C) groups is 1. The van der Waals surface area contributed by atoms with E-state index in [2.05, 4.69) is 55.3 Å². The Balaban J connectivity index is 1.79. The van der Waals surface area contributed by atoms with Crippen molar-refractivity contribution >= 4 is 6.21 Å².